The molecule has 2 N–H and O–H groups in total. The van der Waals surface area contributed by atoms with Crippen LogP contribution in [0.1, 0.15) is 41.8 Å². The second kappa shape index (κ2) is 9.40. The zero-order valence-corrected chi connectivity index (χ0v) is 15.5. The highest BCUT2D eigenvalue weighted by molar-refractivity contribution is 6.04. The van der Waals surface area contributed by atoms with Gasteiger partial charge in [-0.25, -0.2) is 0 Å². The lowest BCUT2D eigenvalue weighted by Gasteiger charge is -2.08. The molecule has 2 aromatic heterocycles. The summed E-state index contributed by atoms with van der Waals surface area (Å²) in [5.41, 5.74) is 1.68. The van der Waals surface area contributed by atoms with Crippen molar-refractivity contribution in [1.82, 2.24) is 15.1 Å². The number of hydrogen-bond acceptors (Lipinski definition) is 6. The highest BCUT2D eigenvalue weighted by Crippen LogP contribution is 2.16. The van der Waals surface area contributed by atoms with Gasteiger partial charge in [0.1, 0.15) is 0 Å². The summed E-state index contributed by atoms with van der Waals surface area (Å²) >= 11 is 0. The molecule has 0 unspecified atom stereocenters. The highest BCUT2D eigenvalue weighted by Gasteiger charge is 2.10. The SMILES string of the molecule is CCCc1noc(CCC(=O)Nc2cccc(NC(=O)c3ccncc3)c2)n1. The molecule has 0 atom stereocenters. The minimum Gasteiger partial charge on any atom is -0.339 e. The standard InChI is InChI=1S/C20H21N5O3/c1-2-4-17-24-19(28-25-17)8-7-18(26)22-15-5-3-6-16(13-15)23-20(27)14-9-11-21-12-10-14/h3,5-6,9-13H,2,4,7-8H2,1H3,(H,22,26)(H,23,27). The molecule has 0 fully saturated rings. The van der Waals surface area contributed by atoms with Crippen LogP contribution in [0.5, 0.6) is 0 Å². The number of carbonyl (C=O) groups is 2. The van der Waals surface area contributed by atoms with E-state index in [-0.39, 0.29) is 18.2 Å². The second-order valence-corrected chi connectivity index (χ2v) is 6.17. The van der Waals surface area contributed by atoms with Crippen molar-refractivity contribution in [3.05, 3.63) is 66.1 Å². The molecule has 0 radical (unpaired) electrons. The average Bonchev–Trinajstić information content (AvgIpc) is 3.15. The molecule has 0 aliphatic carbocycles. The van der Waals surface area contributed by atoms with Crippen molar-refractivity contribution in [3.63, 3.8) is 0 Å². The van der Waals surface area contributed by atoms with Crippen molar-refractivity contribution in [3.8, 4) is 0 Å². The topological polar surface area (TPSA) is 110 Å². The van der Waals surface area contributed by atoms with E-state index in [1.807, 2.05) is 6.92 Å². The zero-order chi connectivity index (χ0) is 19.8. The molecule has 144 valence electrons. The van der Waals surface area contributed by atoms with Gasteiger partial charge in [0.25, 0.3) is 5.91 Å². The summed E-state index contributed by atoms with van der Waals surface area (Å²) in [6.07, 6.45) is 5.41. The van der Waals surface area contributed by atoms with Gasteiger partial charge < -0.3 is 15.2 Å². The number of anilines is 2. The van der Waals surface area contributed by atoms with Crippen molar-refractivity contribution in [2.24, 2.45) is 0 Å². The minimum absolute atomic E-state index is 0.173. The van der Waals surface area contributed by atoms with Crippen LogP contribution < -0.4 is 10.6 Å². The van der Waals surface area contributed by atoms with Crippen LogP contribution in [0.25, 0.3) is 0 Å². The van der Waals surface area contributed by atoms with E-state index >= 15 is 0 Å². The number of carbonyl (C=O) groups excluding carboxylic acids is 2. The van der Waals surface area contributed by atoms with Crippen LogP contribution in [0, 0.1) is 0 Å². The highest BCUT2D eigenvalue weighted by atomic mass is 16.5. The van der Waals surface area contributed by atoms with Crippen molar-refractivity contribution < 1.29 is 14.1 Å². The first-order valence-electron chi connectivity index (χ1n) is 9.07. The lowest BCUT2D eigenvalue weighted by atomic mass is 10.2. The van der Waals surface area contributed by atoms with Gasteiger partial charge in [0.15, 0.2) is 5.82 Å². The van der Waals surface area contributed by atoms with E-state index in [9.17, 15) is 9.59 Å². The predicted molar refractivity (Wildman–Crippen MR) is 104 cm³/mol. The Morgan fingerprint density at radius 3 is 2.54 bits per heavy atom. The Kier molecular flexibility index (Phi) is 6.46. The fraction of sp³-hybridized carbons (Fsp3) is 0.250. The molecule has 0 spiro atoms. The van der Waals surface area contributed by atoms with E-state index in [2.05, 4.69) is 25.8 Å². The van der Waals surface area contributed by atoms with Gasteiger partial charge in [-0.1, -0.05) is 18.1 Å². The number of pyridine rings is 1. The van der Waals surface area contributed by atoms with Gasteiger partial charge in [0, 0.05) is 48.6 Å². The molecular formula is C20H21N5O3. The fourth-order valence-electron chi connectivity index (χ4n) is 2.54. The molecule has 28 heavy (non-hydrogen) atoms. The summed E-state index contributed by atoms with van der Waals surface area (Å²) < 4.78 is 5.13. The van der Waals surface area contributed by atoms with E-state index in [1.54, 1.807) is 48.8 Å². The molecule has 2 amide bonds. The summed E-state index contributed by atoms with van der Waals surface area (Å²) in [4.78, 5) is 32.5. The quantitative estimate of drug-likeness (QED) is 0.622. The lowest BCUT2D eigenvalue weighted by molar-refractivity contribution is -0.116. The molecular weight excluding hydrogens is 358 g/mol. The molecule has 2 heterocycles. The summed E-state index contributed by atoms with van der Waals surface area (Å²) in [7, 11) is 0. The minimum atomic E-state index is -0.245. The molecule has 0 bridgehead atoms. The Hall–Kier alpha value is -3.55. The first kappa shape index (κ1) is 19.2. The Morgan fingerprint density at radius 2 is 1.79 bits per heavy atom. The van der Waals surface area contributed by atoms with E-state index in [0.717, 1.165) is 12.8 Å². The normalized spacial score (nSPS) is 10.5. The van der Waals surface area contributed by atoms with Crippen molar-refractivity contribution in [2.75, 3.05) is 10.6 Å². The lowest BCUT2D eigenvalue weighted by Crippen LogP contribution is -2.14. The molecule has 3 rings (SSSR count). The summed E-state index contributed by atoms with van der Waals surface area (Å²) in [6, 6.07) is 10.2. The predicted octanol–water partition coefficient (Wildman–Crippen LogP) is 3.24. The number of aryl methyl sites for hydroxylation is 2. The van der Waals surface area contributed by atoms with Crippen LogP contribution in [-0.2, 0) is 17.6 Å². The monoisotopic (exact) mass is 379 g/mol. The van der Waals surface area contributed by atoms with Crippen LogP contribution in [0.2, 0.25) is 0 Å². The van der Waals surface area contributed by atoms with Crippen LogP contribution in [0.15, 0.2) is 53.3 Å². The third-order valence-corrected chi connectivity index (χ3v) is 3.90. The number of nitrogens with one attached hydrogen (secondary N) is 2. The van der Waals surface area contributed by atoms with Gasteiger partial charge in [-0.15, -0.1) is 0 Å². The van der Waals surface area contributed by atoms with E-state index in [4.69, 9.17) is 4.52 Å². The maximum absolute atomic E-state index is 12.2. The largest absolute Gasteiger partial charge is 0.339 e. The van der Waals surface area contributed by atoms with Crippen LogP contribution >= 0.6 is 0 Å². The smallest absolute Gasteiger partial charge is 0.255 e. The molecule has 1 aromatic carbocycles. The first-order valence-corrected chi connectivity index (χ1v) is 9.07. The third-order valence-electron chi connectivity index (χ3n) is 3.90. The van der Waals surface area contributed by atoms with Gasteiger partial charge in [0.05, 0.1) is 0 Å². The van der Waals surface area contributed by atoms with Crippen LogP contribution in [0.4, 0.5) is 11.4 Å². The second-order valence-electron chi connectivity index (χ2n) is 6.17. The maximum atomic E-state index is 12.2. The summed E-state index contributed by atoms with van der Waals surface area (Å²) in [5, 5.41) is 9.47. The molecule has 8 heteroatoms. The van der Waals surface area contributed by atoms with E-state index in [1.165, 1.54) is 0 Å². The fourth-order valence-corrected chi connectivity index (χ4v) is 2.54. The molecule has 0 saturated carbocycles. The van der Waals surface area contributed by atoms with Gasteiger partial charge in [-0.2, -0.15) is 4.98 Å². The Morgan fingerprint density at radius 1 is 1.04 bits per heavy atom. The Balaban J connectivity index is 1.53. The third kappa shape index (κ3) is 5.47. The van der Waals surface area contributed by atoms with Crippen LogP contribution in [0.3, 0.4) is 0 Å². The molecule has 0 aliphatic heterocycles. The average molecular weight is 379 g/mol. The van der Waals surface area contributed by atoms with Gasteiger partial charge in [0.2, 0.25) is 11.8 Å². The van der Waals surface area contributed by atoms with Crippen molar-refractivity contribution in [2.45, 2.75) is 32.6 Å². The van der Waals surface area contributed by atoms with Crippen molar-refractivity contribution in [1.29, 1.82) is 0 Å². The molecule has 3 aromatic rings. The van der Waals surface area contributed by atoms with Crippen LogP contribution in [-0.4, -0.2) is 26.9 Å². The number of hydrogen-bond donors (Lipinski definition) is 2. The number of rotatable bonds is 8. The number of amides is 2. The van der Waals surface area contributed by atoms with Crippen molar-refractivity contribution >= 4 is 23.2 Å². The first-order chi connectivity index (χ1) is 13.6. The Labute approximate surface area is 162 Å². The van der Waals surface area contributed by atoms with Gasteiger partial charge in [-0.05, 0) is 36.8 Å². The molecule has 0 aliphatic rings. The number of nitrogens with zero attached hydrogens (tertiary/aromatic N) is 3. The molecule has 0 saturated heterocycles. The van der Waals surface area contributed by atoms with E-state index in [0.29, 0.717) is 35.1 Å². The van der Waals surface area contributed by atoms with Gasteiger partial charge >= 0.3 is 0 Å². The van der Waals surface area contributed by atoms with Gasteiger partial charge in [-0.3, -0.25) is 14.6 Å². The summed E-state index contributed by atoms with van der Waals surface area (Å²) in [6.45, 7) is 2.04. The number of benzene rings is 1. The van der Waals surface area contributed by atoms with E-state index < -0.39 is 0 Å². The molecule has 8 nitrogen and oxygen atoms in total. The maximum Gasteiger partial charge on any atom is 0.255 e. The Bertz CT molecular complexity index is 940. The number of aromatic nitrogens is 3. The zero-order valence-electron chi connectivity index (χ0n) is 15.5. The summed E-state index contributed by atoms with van der Waals surface area (Å²) in [5.74, 6) is 0.700.